The molecule has 0 bridgehead atoms. The number of amides is 1. The smallest absolute Gasteiger partial charge is 0.248 e. The van der Waals surface area contributed by atoms with Gasteiger partial charge in [0.2, 0.25) is 5.91 Å². The van der Waals surface area contributed by atoms with Gasteiger partial charge in [0.15, 0.2) is 23.1 Å². The number of likely N-dealkylation sites (N-methyl/N-ethyl adjacent to an activating group) is 1. The number of carbonyl (C=O) groups excluding carboxylic acids is 1. The lowest BCUT2D eigenvalue weighted by Crippen LogP contribution is -2.42. The Balaban J connectivity index is 1.35. The van der Waals surface area contributed by atoms with Gasteiger partial charge >= 0.3 is 0 Å². The number of anilines is 2. The van der Waals surface area contributed by atoms with Crippen LogP contribution in [0.15, 0.2) is 60.8 Å². The fourth-order valence-corrected chi connectivity index (χ4v) is 5.71. The van der Waals surface area contributed by atoms with E-state index in [1.165, 1.54) is 19.2 Å². The van der Waals surface area contributed by atoms with Crippen LogP contribution in [0, 0.1) is 5.82 Å². The molecule has 0 radical (unpaired) electrons. The van der Waals surface area contributed by atoms with Crippen LogP contribution >= 0.6 is 11.6 Å². The number of rotatable bonds is 9. The predicted octanol–water partition coefficient (Wildman–Crippen LogP) is 6.58. The molecular weight excluding hydrogens is 599 g/mol. The molecule has 1 fully saturated rings. The Kier molecular flexibility index (Phi) is 8.90. The van der Waals surface area contributed by atoms with Crippen LogP contribution in [0.3, 0.4) is 0 Å². The van der Waals surface area contributed by atoms with E-state index in [4.69, 9.17) is 35.8 Å². The van der Waals surface area contributed by atoms with Crippen LogP contribution in [0.2, 0.25) is 5.02 Å². The topological polar surface area (TPSA) is 112 Å². The van der Waals surface area contributed by atoms with E-state index in [1.807, 2.05) is 37.4 Å². The number of hydrogen-bond donors (Lipinski definition) is 1. The highest BCUT2D eigenvalue weighted by Crippen LogP contribution is 2.38. The number of fused-ring (bicyclic) bond motifs is 2. The van der Waals surface area contributed by atoms with Crippen molar-refractivity contribution < 1.29 is 23.4 Å². The molecule has 232 valence electrons. The molecule has 0 unspecified atom stereocenters. The lowest BCUT2D eigenvalue weighted by molar-refractivity contribution is -0.136. The molecule has 2 heterocycles. The first-order chi connectivity index (χ1) is 21.8. The minimum atomic E-state index is -0.524. The molecule has 10 nitrogen and oxygen atoms in total. The predicted molar refractivity (Wildman–Crippen MR) is 171 cm³/mol. The number of halogens is 2. The number of nitrogens with one attached hydrogen (secondary N) is 1. The van der Waals surface area contributed by atoms with Crippen molar-refractivity contribution in [2.45, 2.75) is 37.8 Å². The maximum Gasteiger partial charge on any atom is 0.248 e. The molecule has 1 saturated carbocycles. The van der Waals surface area contributed by atoms with Crippen LogP contribution in [-0.4, -0.2) is 70.8 Å². The standard InChI is InChI=1S/C33H32ClFN6O4/c1-41(30(42)18-43-2)21-9-11-22(12-10-21)45-29-15-23-27(16-28(29)44-3)39-33(32-36-17-19-6-4-5-7-26(19)38-32)40-31(23)37-20-8-13-25(35)24(34)14-20/h4-8,13-17,21-22H,9-12,18H2,1-3H3,(H,37,39,40)/t21-,22+. The lowest BCUT2D eigenvalue weighted by atomic mass is 9.92. The Bertz CT molecular complexity index is 1870. The summed E-state index contributed by atoms with van der Waals surface area (Å²) >= 11 is 6.08. The normalized spacial score (nSPS) is 16.5. The molecule has 0 saturated heterocycles. The highest BCUT2D eigenvalue weighted by molar-refractivity contribution is 6.31. The van der Waals surface area contributed by atoms with Crippen LogP contribution < -0.4 is 14.8 Å². The molecule has 1 amide bonds. The highest BCUT2D eigenvalue weighted by atomic mass is 35.5. The third-order valence-electron chi connectivity index (χ3n) is 8.00. The van der Waals surface area contributed by atoms with E-state index >= 15 is 0 Å². The zero-order valence-corrected chi connectivity index (χ0v) is 25.8. The largest absolute Gasteiger partial charge is 0.493 e. The van der Waals surface area contributed by atoms with E-state index in [9.17, 15) is 9.18 Å². The third kappa shape index (κ3) is 6.59. The number of aromatic nitrogens is 4. The van der Waals surface area contributed by atoms with Crippen molar-refractivity contribution in [2.75, 3.05) is 33.2 Å². The Morgan fingerprint density at radius 3 is 2.51 bits per heavy atom. The van der Waals surface area contributed by atoms with Crippen molar-refractivity contribution in [3.05, 3.63) is 71.6 Å². The van der Waals surface area contributed by atoms with Gasteiger partial charge < -0.3 is 24.4 Å². The zero-order valence-electron chi connectivity index (χ0n) is 25.1. The first-order valence-electron chi connectivity index (χ1n) is 14.6. The quantitative estimate of drug-likeness (QED) is 0.193. The van der Waals surface area contributed by atoms with Gasteiger partial charge in [-0.15, -0.1) is 0 Å². The molecule has 0 atom stereocenters. The molecule has 5 aromatic rings. The molecule has 1 N–H and O–H groups in total. The number of methoxy groups -OCH3 is 2. The van der Waals surface area contributed by atoms with Crippen LogP contribution in [0.4, 0.5) is 15.9 Å². The van der Waals surface area contributed by atoms with Crippen LogP contribution in [0.5, 0.6) is 11.5 Å². The minimum absolute atomic E-state index is 0.0210. The van der Waals surface area contributed by atoms with E-state index in [2.05, 4.69) is 15.3 Å². The van der Waals surface area contributed by atoms with Gasteiger partial charge in [-0.05, 0) is 56.0 Å². The van der Waals surface area contributed by atoms with Crippen molar-refractivity contribution in [2.24, 2.45) is 0 Å². The molecule has 0 aliphatic heterocycles. The van der Waals surface area contributed by atoms with E-state index in [1.54, 1.807) is 30.3 Å². The van der Waals surface area contributed by atoms with E-state index in [-0.39, 0.29) is 29.7 Å². The Labute approximate surface area is 264 Å². The van der Waals surface area contributed by atoms with Crippen molar-refractivity contribution in [3.63, 3.8) is 0 Å². The summed E-state index contributed by atoms with van der Waals surface area (Å²) in [5.41, 5.74) is 1.87. The monoisotopic (exact) mass is 630 g/mol. The van der Waals surface area contributed by atoms with Gasteiger partial charge in [0.25, 0.3) is 0 Å². The summed E-state index contributed by atoms with van der Waals surface area (Å²) in [7, 11) is 4.92. The molecule has 2 aromatic heterocycles. The van der Waals surface area contributed by atoms with Gasteiger partial charge in [-0.25, -0.2) is 24.3 Å². The molecule has 0 spiro atoms. The molecule has 12 heteroatoms. The van der Waals surface area contributed by atoms with Gasteiger partial charge in [-0.3, -0.25) is 4.79 Å². The van der Waals surface area contributed by atoms with Crippen molar-refractivity contribution in [1.29, 1.82) is 0 Å². The number of nitrogens with zero attached hydrogens (tertiary/aromatic N) is 5. The molecule has 3 aromatic carbocycles. The average Bonchev–Trinajstić information content (AvgIpc) is 3.06. The van der Waals surface area contributed by atoms with Crippen LogP contribution in [0.1, 0.15) is 25.7 Å². The van der Waals surface area contributed by atoms with E-state index in [0.717, 1.165) is 36.6 Å². The average molecular weight is 631 g/mol. The second kappa shape index (κ2) is 13.2. The SMILES string of the molecule is COCC(=O)N(C)[C@H]1CC[C@@H](Oc2cc3c(Nc4ccc(F)c(Cl)c4)nc(-c4ncc5ccccc5n4)nc3cc2OC)CC1. The molecule has 1 aliphatic rings. The van der Waals surface area contributed by atoms with Crippen molar-refractivity contribution in [3.8, 4) is 23.1 Å². The number of hydrogen-bond acceptors (Lipinski definition) is 9. The van der Waals surface area contributed by atoms with Gasteiger partial charge in [-0.2, -0.15) is 0 Å². The lowest BCUT2D eigenvalue weighted by Gasteiger charge is -2.34. The van der Waals surface area contributed by atoms with Crippen LogP contribution in [0.25, 0.3) is 33.5 Å². The summed E-state index contributed by atoms with van der Waals surface area (Å²) in [6, 6.07) is 15.8. The maximum absolute atomic E-state index is 13.9. The van der Waals surface area contributed by atoms with Gasteiger partial charge in [-0.1, -0.05) is 29.8 Å². The first-order valence-corrected chi connectivity index (χ1v) is 15.0. The molecular formula is C33H32ClFN6O4. The summed E-state index contributed by atoms with van der Waals surface area (Å²) < 4.78 is 31.2. The third-order valence-corrected chi connectivity index (χ3v) is 8.29. The second-order valence-electron chi connectivity index (χ2n) is 10.9. The summed E-state index contributed by atoms with van der Waals surface area (Å²) in [6.45, 7) is 0.0679. The molecule has 45 heavy (non-hydrogen) atoms. The zero-order chi connectivity index (χ0) is 31.5. The number of para-hydroxylation sites is 1. The van der Waals surface area contributed by atoms with Crippen molar-refractivity contribution >= 4 is 50.8 Å². The summed E-state index contributed by atoms with van der Waals surface area (Å²) in [5, 5.41) is 4.79. The van der Waals surface area contributed by atoms with Crippen molar-refractivity contribution in [1.82, 2.24) is 24.8 Å². The number of benzene rings is 3. The summed E-state index contributed by atoms with van der Waals surface area (Å²) in [4.78, 5) is 32.9. The second-order valence-corrected chi connectivity index (χ2v) is 11.3. The van der Waals surface area contributed by atoms with Gasteiger partial charge in [0, 0.05) is 48.9 Å². The maximum atomic E-state index is 13.9. The Morgan fingerprint density at radius 2 is 1.76 bits per heavy atom. The fraction of sp³-hybridized carbons (Fsp3) is 0.303. The van der Waals surface area contributed by atoms with E-state index < -0.39 is 5.82 Å². The molecule has 1 aliphatic carbocycles. The first kappa shape index (κ1) is 30.4. The number of carbonyl (C=O) groups is 1. The summed E-state index contributed by atoms with van der Waals surface area (Å²) in [6.07, 6.45) is 4.81. The Morgan fingerprint density at radius 1 is 0.978 bits per heavy atom. The fourth-order valence-electron chi connectivity index (χ4n) is 5.53. The number of ether oxygens (including phenoxy) is 3. The highest BCUT2D eigenvalue weighted by Gasteiger charge is 2.28. The Hall–Kier alpha value is -4.61. The minimum Gasteiger partial charge on any atom is -0.493 e. The van der Waals surface area contributed by atoms with E-state index in [0.29, 0.717) is 45.6 Å². The molecule has 6 rings (SSSR count). The van der Waals surface area contributed by atoms with Gasteiger partial charge in [0.1, 0.15) is 18.2 Å². The van der Waals surface area contributed by atoms with Crippen LogP contribution in [-0.2, 0) is 9.53 Å². The van der Waals surface area contributed by atoms with Gasteiger partial charge in [0.05, 0.1) is 29.3 Å². The summed E-state index contributed by atoms with van der Waals surface area (Å²) in [5.74, 6) is 1.57.